The van der Waals surface area contributed by atoms with Crippen molar-refractivity contribution in [3.63, 3.8) is 0 Å². The maximum Gasteiger partial charge on any atom is 0.269 e. The number of aromatic nitrogens is 1. The molecule has 0 fully saturated rings. The quantitative estimate of drug-likeness (QED) is 0.917. The van der Waals surface area contributed by atoms with Crippen molar-refractivity contribution in [3.05, 3.63) is 41.0 Å². The Morgan fingerprint density at radius 2 is 2.20 bits per heavy atom. The average Bonchev–Trinajstić information content (AvgIpc) is 2.45. The summed E-state index contributed by atoms with van der Waals surface area (Å²) in [7, 11) is 0. The van der Waals surface area contributed by atoms with Gasteiger partial charge in [-0.3, -0.25) is 4.79 Å². The molecule has 1 amide bonds. The first kappa shape index (κ1) is 15.1. The van der Waals surface area contributed by atoms with Gasteiger partial charge in [0.25, 0.3) is 5.91 Å². The van der Waals surface area contributed by atoms with Gasteiger partial charge in [0, 0.05) is 11.9 Å². The summed E-state index contributed by atoms with van der Waals surface area (Å²) in [6.45, 7) is 2.75. The van der Waals surface area contributed by atoms with Crippen molar-refractivity contribution in [2.75, 3.05) is 18.6 Å². The van der Waals surface area contributed by atoms with Crippen molar-refractivity contribution in [1.29, 1.82) is 0 Å². The summed E-state index contributed by atoms with van der Waals surface area (Å²) in [6.07, 6.45) is 2.06. The molecular weight excluding hydrogens is 292 g/mol. The number of nitrogens with one attached hydrogen (secondary N) is 1. The number of hydrogen-bond donors (Lipinski definition) is 1. The molecule has 0 aliphatic carbocycles. The molecule has 0 radical (unpaired) electrons. The maximum atomic E-state index is 12.1. The predicted octanol–water partition coefficient (Wildman–Crippen LogP) is 3.62. The van der Waals surface area contributed by atoms with Gasteiger partial charge < -0.3 is 5.32 Å². The number of halogens is 1. The van der Waals surface area contributed by atoms with Gasteiger partial charge in [-0.1, -0.05) is 36.7 Å². The van der Waals surface area contributed by atoms with Crippen LogP contribution in [0, 0.1) is 5.92 Å². The molecule has 0 aliphatic rings. The molecule has 1 N–H and O–H groups in total. The molecule has 2 rings (SSSR count). The van der Waals surface area contributed by atoms with E-state index in [2.05, 4.69) is 23.5 Å². The van der Waals surface area contributed by atoms with Crippen LogP contribution < -0.4 is 5.32 Å². The van der Waals surface area contributed by atoms with Gasteiger partial charge >= 0.3 is 0 Å². The number of hydrogen-bond acceptors (Lipinski definition) is 3. The molecule has 20 heavy (non-hydrogen) atoms. The molecule has 3 nitrogen and oxygen atoms in total. The number of benzene rings is 1. The number of pyridine rings is 1. The molecule has 106 valence electrons. The topological polar surface area (TPSA) is 42.0 Å². The van der Waals surface area contributed by atoms with Crippen molar-refractivity contribution in [2.45, 2.75) is 6.92 Å². The summed E-state index contributed by atoms with van der Waals surface area (Å²) in [5.41, 5.74) is 1.10. The van der Waals surface area contributed by atoms with Gasteiger partial charge in [-0.25, -0.2) is 4.98 Å². The van der Waals surface area contributed by atoms with E-state index in [0.29, 0.717) is 23.2 Å². The number of para-hydroxylation sites is 1. The summed E-state index contributed by atoms with van der Waals surface area (Å²) in [5, 5.41) is 4.32. The number of thioether (sulfide) groups is 1. The summed E-state index contributed by atoms with van der Waals surface area (Å²) < 4.78 is 0. The Labute approximate surface area is 128 Å². The van der Waals surface area contributed by atoms with Crippen LogP contribution in [0.25, 0.3) is 10.9 Å². The monoisotopic (exact) mass is 308 g/mol. The lowest BCUT2D eigenvalue weighted by atomic mass is 10.2. The Morgan fingerprint density at radius 1 is 1.45 bits per heavy atom. The third-order valence-corrected chi connectivity index (χ3v) is 4.18. The molecule has 1 atom stereocenters. The van der Waals surface area contributed by atoms with E-state index in [1.165, 1.54) is 0 Å². The molecule has 5 heteroatoms. The van der Waals surface area contributed by atoms with Crippen molar-refractivity contribution in [3.8, 4) is 0 Å². The highest BCUT2D eigenvalue weighted by Gasteiger charge is 2.12. The predicted molar refractivity (Wildman–Crippen MR) is 86.6 cm³/mol. The van der Waals surface area contributed by atoms with Crippen LogP contribution in [0.2, 0.25) is 5.02 Å². The Hall–Kier alpha value is -1.26. The lowest BCUT2D eigenvalue weighted by molar-refractivity contribution is 0.0944. The summed E-state index contributed by atoms with van der Waals surface area (Å²) in [4.78, 5) is 16.5. The second-order valence-electron chi connectivity index (χ2n) is 4.78. The van der Waals surface area contributed by atoms with Crippen molar-refractivity contribution >= 4 is 40.2 Å². The van der Waals surface area contributed by atoms with Crippen LogP contribution in [0.3, 0.4) is 0 Å². The minimum absolute atomic E-state index is 0.175. The molecular formula is C15H17ClN2OS. The normalized spacial score (nSPS) is 12.3. The number of carbonyl (C=O) groups excluding carboxylic acids is 1. The van der Waals surface area contributed by atoms with Gasteiger partial charge in [0.1, 0.15) is 5.69 Å². The van der Waals surface area contributed by atoms with Crippen molar-refractivity contribution < 1.29 is 4.79 Å². The van der Waals surface area contributed by atoms with Crippen LogP contribution in [0.1, 0.15) is 17.4 Å². The van der Waals surface area contributed by atoms with E-state index in [4.69, 9.17) is 11.6 Å². The van der Waals surface area contributed by atoms with Gasteiger partial charge in [-0.05, 0) is 30.1 Å². The Balaban J connectivity index is 2.14. The first-order valence-electron chi connectivity index (χ1n) is 6.44. The fourth-order valence-corrected chi connectivity index (χ4v) is 2.90. The lowest BCUT2D eigenvalue weighted by Gasteiger charge is -2.11. The second-order valence-corrected chi connectivity index (χ2v) is 6.09. The smallest absolute Gasteiger partial charge is 0.269 e. The minimum atomic E-state index is -0.175. The number of fused-ring (bicyclic) bond motifs is 1. The highest BCUT2D eigenvalue weighted by molar-refractivity contribution is 7.98. The second kappa shape index (κ2) is 6.95. The molecule has 1 aromatic heterocycles. The molecule has 0 bridgehead atoms. The van der Waals surface area contributed by atoms with E-state index in [-0.39, 0.29) is 5.91 Å². The Morgan fingerprint density at radius 3 is 2.95 bits per heavy atom. The van der Waals surface area contributed by atoms with Crippen LogP contribution in [0.4, 0.5) is 0 Å². The van der Waals surface area contributed by atoms with Crippen LogP contribution >= 0.6 is 23.4 Å². The van der Waals surface area contributed by atoms with E-state index in [1.807, 2.05) is 24.3 Å². The first-order valence-corrected chi connectivity index (χ1v) is 8.21. The van der Waals surface area contributed by atoms with Crippen molar-refractivity contribution in [2.24, 2.45) is 5.92 Å². The minimum Gasteiger partial charge on any atom is -0.350 e. The molecule has 1 aromatic carbocycles. The van der Waals surface area contributed by atoms with Gasteiger partial charge in [0.2, 0.25) is 0 Å². The van der Waals surface area contributed by atoms with Crippen LogP contribution in [0.5, 0.6) is 0 Å². The summed E-state index contributed by atoms with van der Waals surface area (Å²) in [5.74, 6) is 1.28. The van der Waals surface area contributed by atoms with E-state index in [0.717, 1.165) is 16.7 Å². The Bertz CT molecular complexity index is 618. The molecule has 1 heterocycles. The van der Waals surface area contributed by atoms with Gasteiger partial charge in [-0.15, -0.1) is 0 Å². The number of amides is 1. The molecule has 0 aliphatic heterocycles. The zero-order valence-electron chi connectivity index (χ0n) is 11.5. The Kier molecular flexibility index (Phi) is 5.26. The van der Waals surface area contributed by atoms with Crippen LogP contribution in [-0.2, 0) is 0 Å². The molecule has 1 unspecified atom stereocenters. The standard InChI is InChI=1S/C15H17ClN2OS/c1-10(9-20-2)8-17-15(19)14-7-12(16)11-5-3-4-6-13(11)18-14/h3-7,10H,8-9H2,1-2H3,(H,17,19). The van der Waals surface area contributed by atoms with E-state index < -0.39 is 0 Å². The van der Waals surface area contributed by atoms with E-state index in [1.54, 1.807) is 17.8 Å². The van der Waals surface area contributed by atoms with Gasteiger partial charge in [-0.2, -0.15) is 11.8 Å². The van der Waals surface area contributed by atoms with Crippen LogP contribution in [0.15, 0.2) is 30.3 Å². The molecule has 0 saturated carbocycles. The molecule has 0 spiro atoms. The average molecular weight is 309 g/mol. The van der Waals surface area contributed by atoms with E-state index >= 15 is 0 Å². The fourth-order valence-electron chi connectivity index (χ4n) is 1.95. The van der Waals surface area contributed by atoms with Gasteiger partial charge in [0.15, 0.2) is 0 Å². The first-order chi connectivity index (χ1) is 9.61. The fraction of sp³-hybridized carbons (Fsp3) is 0.333. The summed E-state index contributed by atoms with van der Waals surface area (Å²) >= 11 is 7.97. The zero-order chi connectivity index (χ0) is 14.5. The lowest BCUT2D eigenvalue weighted by Crippen LogP contribution is -2.29. The highest BCUT2D eigenvalue weighted by Crippen LogP contribution is 2.22. The third-order valence-electron chi connectivity index (χ3n) is 2.96. The van der Waals surface area contributed by atoms with Crippen LogP contribution in [-0.4, -0.2) is 29.4 Å². The number of nitrogens with zero attached hydrogens (tertiary/aromatic N) is 1. The zero-order valence-corrected chi connectivity index (χ0v) is 13.1. The van der Waals surface area contributed by atoms with E-state index in [9.17, 15) is 4.79 Å². The number of carbonyl (C=O) groups is 1. The van der Waals surface area contributed by atoms with Gasteiger partial charge in [0.05, 0.1) is 10.5 Å². The third kappa shape index (κ3) is 3.64. The maximum absolute atomic E-state index is 12.1. The molecule has 2 aromatic rings. The SMILES string of the molecule is CSCC(C)CNC(=O)c1cc(Cl)c2ccccc2n1. The highest BCUT2D eigenvalue weighted by atomic mass is 35.5. The summed E-state index contributed by atoms with van der Waals surface area (Å²) in [6, 6.07) is 9.16. The molecule has 0 saturated heterocycles. The largest absolute Gasteiger partial charge is 0.350 e. The number of rotatable bonds is 5. The van der Waals surface area contributed by atoms with Crippen molar-refractivity contribution in [1.82, 2.24) is 10.3 Å².